The number of methoxy groups -OCH3 is 3. The molecule has 0 aromatic heterocycles. The van der Waals surface area contributed by atoms with Crippen LogP contribution in [0.4, 0.5) is 0 Å². The quantitative estimate of drug-likeness (QED) is 0.286. The van der Waals surface area contributed by atoms with Crippen molar-refractivity contribution in [3.05, 3.63) is 71.0 Å². The molecule has 0 spiro atoms. The van der Waals surface area contributed by atoms with Crippen LogP contribution in [0.1, 0.15) is 55.8 Å². The number of rotatable bonds is 7. The van der Waals surface area contributed by atoms with Crippen LogP contribution >= 0.6 is 0 Å². The predicted molar refractivity (Wildman–Crippen MR) is 150 cm³/mol. The summed E-state index contributed by atoms with van der Waals surface area (Å²) in [6.07, 6.45) is 12.2. The molecule has 202 valence electrons. The molecule has 7 heteroatoms. The van der Waals surface area contributed by atoms with Crippen LogP contribution in [-0.4, -0.2) is 33.0 Å². The lowest BCUT2D eigenvalue weighted by atomic mass is 9.89. The molecule has 2 aromatic carbocycles. The first-order chi connectivity index (χ1) is 18.9. The first-order valence-corrected chi connectivity index (χ1v) is 12.9. The zero-order valence-corrected chi connectivity index (χ0v) is 23.0. The number of allylic oxidation sites excluding steroid dienone is 5. The molecule has 0 saturated carbocycles. The fourth-order valence-corrected chi connectivity index (χ4v) is 4.94. The molecular formula is C32H33NO6. The van der Waals surface area contributed by atoms with Crippen molar-refractivity contribution in [2.45, 2.75) is 45.6 Å². The molecule has 0 aliphatic heterocycles. The molecule has 1 atom stereocenters. The van der Waals surface area contributed by atoms with Crippen molar-refractivity contribution in [2.24, 2.45) is 0 Å². The SMILES string of the molecule is COc1cc2c(c(OC)c1OC)-c1c(C#CC3=CCCC=C3)cc(O/C=C/C(C)=O)cc1C(NC(C)=O)CC2. The Hall–Kier alpha value is -4.44. The van der Waals surface area contributed by atoms with E-state index < -0.39 is 0 Å². The third kappa shape index (κ3) is 6.18. The second kappa shape index (κ2) is 12.4. The van der Waals surface area contributed by atoms with Crippen LogP contribution in [0, 0.1) is 11.8 Å². The van der Waals surface area contributed by atoms with Gasteiger partial charge in [0.1, 0.15) is 5.75 Å². The Morgan fingerprint density at radius 2 is 1.77 bits per heavy atom. The van der Waals surface area contributed by atoms with Crippen LogP contribution in [0.25, 0.3) is 11.1 Å². The Balaban J connectivity index is 2.05. The van der Waals surface area contributed by atoms with E-state index in [4.69, 9.17) is 18.9 Å². The van der Waals surface area contributed by atoms with E-state index in [1.165, 1.54) is 26.2 Å². The van der Waals surface area contributed by atoms with Gasteiger partial charge in [0, 0.05) is 35.3 Å². The molecule has 1 unspecified atom stereocenters. The summed E-state index contributed by atoms with van der Waals surface area (Å²) >= 11 is 0. The molecule has 0 saturated heterocycles. The molecule has 2 aliphatic rings. The maximum atomic E-state index is 12.3. The highest BCUT2D eigenvalue weighted by atomic mass is 16.5. The minimum absolute atomic E-state index is 0.128. The zero-order chi connectivity index (χ0) is 27.9. The van der Waals surface area contributed by atoms with Gasteiger partial charge in [-0.3, -0.25) is 9.59 Å². The number of amides is 1. The summed E-state index contributed by atoms with van der Waals surface area (Å²) in [4.78, 5) is 23.7. The van der Waals surface area contributed by atoms with E-state index in [0.29, 0.717) is 41.4 Å². The Morgan fingerprint density at radius 1 is 0.974 bits per heavy atom. The topological polar surface area (TPSA) is 83.1 Å². The predicted octanol–water partition coefficient (Wildman–Crippen LogP) is 5.61. The molecule has 2 aliphatic carbocycles. The van der Waals surface area contributed by atoms with Gasteiger partial charge in [0.25, 0.3) is 0 Å². The van der Waals surface area contributed by atoms with Crippen LogP contribution in [0.3, 0.4) is 0 Å². The molecule has 0 heterocycles. The summed E-state index contributed by atoms with van der Waals surface area (Å²) in [7, 11) is 4.76. The second-order valence-corrected chi connectivity index (χ2v) is 9.33. The van der Waals surface area contributed by atoms with E-state index in [9.17, 15) is 9.59 Å². The van der Waals surface area contributed by atoms with Crippen LogP contribution in [0.2, 0.25) is 0 Å². The minimum atomic E-state index is -0.318. The van der Waals surface area contributed by atoms with E-state index in [2.05, 4.69) is 29.3 Å². The first-order valence-electron chi connectivity index (χ1n) is 12.9. The molecule has 0 bridgehead atoms. The third-order valence-corrected chi connectivity index (χ3v) is 6.60. The zero-order valence-electron chi connectivity index (χ0n) is 23.0. The van der Waals surface area contributed by atoms with Crippen molar-refractivity contribution in [1.82, 2.24) is 5.32 Å². The van der Waals surface area contributed by atoms with E-state index >= 15 is 0 Å². The summed E-state index contributed by atoms with van der Waals surface area (Å²) in [5, 5.41) is 3.10. The van der Waals surface area contributed by atoms with Gasteiger partial charge < -0.3 is 24.3 Å². The van der Waals surface area contributed by atoms with Crippen LogP contribution in [0.5, 0.6) is 23.0 Å². The lowest BCUT2D eigenvalue weighted by Gasteiger charge is -2.23. The van der Waals surface area contributed by atoms with Gasteiger partial charge in [-0.1, -0.05) is 30.1 Å². The lowest BCUT2D eigenvalue weighted by Crippen LogP contribution is -2.26. The third-order valence-electron chi connectivity index (χ3n) is 6.60. The van der Waals surface area contributed by atoms with Gasteiger partial charge in [-0.15, -0.1) is 0 Å². The molecule has 0 radical (unpaired) electrons. The van der Waals surface area contributed by atoms with Crippen LogP contribution in [-0.2, 0) is 16.0 Å². The lowest BCUT2D eigenvalue weighted by molar-refractivity contribution is -0.119. The average molecular weight is 528 g/mol. The van der Waals surface area contributed by atoms with E-state index in [0.717, 1.165) is 40.7 Å². The van der Waals surface area contributed by atoms with Crippen molar-refractivity contribution >= 4 is 11.7 Å². The van der Waals surface area contributed by atoms with Gasteiger partial charge in [-0.2, -0.15) is 0 Å². The Morgan fingerprint density at radius 3 is 2.41 bits per heavy atom. The van der Waals surface area contributed by atoms with Crippen molar-refractivity contribution in [2.75, 3.05) is 21.3 Å². The fraction of sp³-hybridized carbons (Fsp3) is 0.312. The normalized spacial score (nSPS) is 15.6. The van der Waals surface area contributed by atoms with E-state index in [-0.39, 0.29) is 17.7 Å². The molecule has 1 N–H and O–H groups in total. The van der Waals surface area contributed by atoms with Crippen LogP contribution in [0.15, 0.2) is 54.3 Å². The Bertz CT molecular complexity index is 1440. The molecule has 39 heavy (non-hydrogen) atoms. The summed E-state index contributed by atoms with van der Waals surface area (Å²) in [5.74, 6) is 8.45. The number of ketones is 1. The van der Waals surface area contributed by atoms with Gasteiger partial charge in [0.2, 0.25) is 11.7 Å². The number of ether oxygens (including phenoxy) is 4. The Labute approximate surface area is 229 Å². The van der Waals surface area contributed by atoms with Gasteiger partial charge >= 0.3 is 0 Å². The molecule has 0 fully saturated rings. The molecule has 7 nitrogen and oxygen atoms in total. The summed E-state index contributed by atoms with van der Waals surface area (Å²) < 4.78 is 23.1. The number of hydrogen-bond donors (Lipinski definition) is 1. The highest BCUT2D eigenvalue weighted by Gasteiger charge is 2.31. The number of nitrogens with one attached hydrogen (secondary N) is 1. The van der Waals surface area contributed by atoms with Crippen molar-refractivity contribution in [3.8, 4) is 46.0 Å². The maximum absolute atomic E-state index is 12.3. The minimum Gasteiger partial charge on any atom is -0.493 e. The van der Waals surface area contributed by atoms with Gasteiger partial charge in [-0.25, -0.2) is 0 Å². The van der Waals surface area contributed by atoms with E-state index in [1.54, 1.807) is 21.3 Å². The maximum Gasteiger partial charge on any atom is 0.217 e. The number of aryl methyl sites for hydroxylation is 1. The number of carbonyl (C=O) groups excluding carboxylic acids is 2. The standard InChI is InChI=1S/C32H33NO6/c1-20(34)15-16-39-25-17-23(12-11-22-9-7-6-8-10-22)29-26(19-25)27(33-21(2)35)14-13-24-18-28(36-3)31(37-4)32(38-5)30(24)29/h7,9-10,15-19,27H,6,8,13-14H2,1-5H3,(H,33,35)/b16-15+. The Kier molecular flexibility index (Phi) is 8.77. The van der Waals surface area contributed by atoms with Crippen molar-refractivity contribution in [1.29, 1.82) is 0 Å². The molecule has 1 amide bonds. The number of fused-ring (bicyclic) bond motifs is 3. The van der Waals surface area contributed by atoms with Crippen molar-refractivity contribution < 1.29 is 28.5 Å². The van der Waals surface area contributed by atoms with Crippen LogP contribution < -0.4 is 24.3 Å². The number of benzene rings is 2. The molecular weight excluding hydrogens is 494 g/mol. The van der Waals surface area contributed by atoms with Gasteiger partial charge in [0.15, 0.2) is 17.3 Å². The number of hydrogen-bond acceptors (Lipinski definition) is 6. The van der Waals surface area contributed by atoms with Crippen molar-refractivity contribution in [3.63, 3.8) is 0 Å². The molecule has 2 aromatic rings. The summed E-state index contributed by atoms with van der Waals surface area (Å²) in [6.45, 7) is 2.96. The summed E-state index contributed by atoms with van der Waals surface area (Å²) in [5.41, 5.74) is 5.12. The highest BCUT2D eigenvalue weighted by Crippen LogP contribution is 2.52. The summed E-state index contributed by atoms with van der Waals surface area (Å²) in [6, 6.07) is 5.37. The smallest absolute Gasteiger partial charge is 0.217 e. The largest absolute Gasteiger partial charge is 0.493 e. The van der Waals surface area contributed by atoms with E-state index in [1.807, 2.05) is 24.3 Å². The monoisotopic (exact) mass is 527 g/mol. The fourth-order valence-electron chi connectivity index (χ4n) is 4.94. The van der Waals surface area contributed by atoms with Gasteiger partial charge in [0.05, 0.1) is 33.6 Å². The van der Waals surface area contributed by atoms with Gasteiger partial charge in [-0.05, 0) is 61.9 Å². The number of carbonyl (C=O) groups is 2. The highest BCUT2D eigenvalue weighted by molar-refractivity contribution is 5.88. The average Bonchev–Trinajstić information content (AvgIpc) is 3.07. The second-order valence-electron chi connectivity index (χ2n) is 9.33. The first kappa shape index (κ1) is 27.6. The molecule has 4 rings (SSSR count).